The van der Waals surface area contributed by atoms with Gasteiger partial charge in [-0.15, -0.1) is 0 Å². The van der Waals surface area contributed by atoms with Crippen LogP contribution < -0.4 is 35.5 Å². The number of carbonyl (C=O) groups excluding carboxylic acids is 3. The number of hydrogen-bond donors (Lipinski definition) is 6. The molecule has 4 amide bonds. The van der Waals surface area contributed by atoms with Gasteiger partial charge in [0.15, 0.2) is 23.0 Å². The number of hydrogen-bond acceptors (Lipinski definition) is 9. The summed E-state index contributed by atoms with van der Waals surface area (Å²) in [4.78, 5) is 48.9. The van der Waals surface area contributed by atoms with Crippen molar-refractivity contribution in [2.75, 3.05) is 27.6 Å². The number of carboxylic acids is 1. The third-order valence-corrected chi connectivity index (χ3v) is 6.19. The molecule has 1 aliphatic heterocycles. The van der Waals surface area contributed by atoms with E-state index in [1.165, 1.54) is 20.3 Å². The summed E-state index contributed by atoms with van der Waals surface area (Å²) in [6.07, 6.45) is 0.209. The largest absolute Gasteiger partial charge is 0.504 e. The van der Waals surface area contributed by atoms with Gasteiger partial charge in [0.2, 0.25) is 12.7 Å². The number of urea groups is 1. The number of ether oxygens (including phenoxy) is 4. The van der Waals surface area contributed by atoms with Crippen LogP contribution in [0.25, 0.3) is 0 Å². The molecule has 0 fully saturated rings. The molecule has 2 aromatic carbocycles. The smallest absolute Gasteiger partial charge is 0.406 e. The van der Waals surface area contributed by atoms with Crippen LogP contribution in [0, 0.1) is 0 Å². The fraction of sp³-hybridized carbons (Fsp3) is 0.407. The zero-order valence-electron chi connectivity index (χ0n) is 22.7. The summed E-state index contributed by atoms with van der Waals surface area (Å²) >= 11 is 0. The summed E-state index contributed by atoms with van der Waals surface area (Å²) in [6.45, 7) is 0.417. The maximum Gasteiger partial charge on any atom is 0.406 e. The molecular formula is C27H34N4O10. The molecular weight excluding hydrogens is 540 g/mol. The van der Waals surface area contributed by atoms with Crippen molar-refractivity contribution in [2.24, 2.45) is 0 Å². The van der Waals surface area contributed by atoms with E-state index >= 15 is 0 Å². The van der Waals surface area contributed by atoms with Gasteiger partial charge in [-0.05, 0) is 54.7 Å². The summed E-state index contributed by atoms with van der Waals surface area (Å²) in [5.41, 5.74) is 1.09. The van der Waals surface area contributed by atoms with Gasteiger partial charge in [-0.25, -0.2) is 9.59 Å². The SMILES string of the molecule is COC(=O)NCCCC[C@H](NC(=O)N[C@H](CC(=O)O)c1ccc2c(c1)OCO2)C(=O)NCc1ccc(OC)c(O)c1. The zero-order valence-corrected chi connectivity index (χ0v) is 22.7. The van der Waals surface area contributed by atoms with Crippen molar-refractivity contribution in [3.05, 3.63) is 47.5 Å². The molecule has 1 aliphatic rings. The summed E-state index contributed by atoms with van der Waals surface area (Å²) in [7, 11) is 2.67. The van der Waals surface area contributed by atoms with E-state index in [0.29, 0.717) is 42.0 Å². The second kappa shape index (κ2) is 15.1. The van der Waals surface area contributed by atoms with E-state index in [-0.39, 0.29) is 31.3 Å². The van der Waals surface area contributed by atoms with Crippen LogP contribution in [0.3, 0.4) is 0 Å². The number of carboxylic acid groups (broad SMARTS) is 1. The van der Waals surface area contributed by atoms with Crippen molar-refractivity contribution < 1.29 is 48.3 Å². The quantitative estimate of drug-likeness (QED) is 0.182. The highest BCUT2D eigenvalue weighted by molar-refractivity contribution is 5.87. The summed E-state index contributed by atoms with van der Waals surface area (Å²) in [6, 6.07) is 6.89. The van der Waals surface area contributed by atoms with Crippen LogP contribution in [-0.4, -0.2) is 67.8 Å². The van der Waals surface area contributed by atoms with Crippen molar-refractivity contribution in [3.8, 4) is 23.0 Å². The molecule has 2 aromatic rings. The van der Waals surface area contributed by atoms with Crippen LogP contribution in [0.1, 0.15) is 42.9 Å². The van der Waals surface area contributed by atoms with Gasteiger partial charge < -0.3 is 50.4 Å². The predicted octanol–water partition coefficient (Wildman–Crippen LogP) is 2.16. The standard InChI is InChI=1S/C27H34N4O10/c1-38-21-8-6-16(11-20(21)32)14-29-25(35)18(5-3-4-10-28-27(37)39-2)30-26(36)31-19(13-24(33)34)17-7-9-22-23(12-17)41-15-40-22/h6-9,11-12,18-19,32H,3-5,10,13-15H2,1-2H3,(H,28,37)(H,29,35)(H,33,34)(H2,30,31,36)/t18-,19+/m0/s1. The number of phenols is 1. The minimum absolute atomic E-state index is 0.0401. The third kappa shape index (κ3) is 9.37. The first-order chi connectivity index (χ1) is 19.7. The average molecular weight is 575 g/mol. The monoisotopic (exact) mass is 574 g/mol. The highest BCUT2D eigenvalue weighted by Crippen LogP contribution is 2.34. The fourth-order valence-corrected chi connectivity index (χ4v) is 4.08. The van der Waals surface area contributed by atoms with Gasteiger partial charge in [-0.1, -0.05) is 12.1 Å². The number of alkyl carbamates (subject to hydrolysis) is 1. The Kier molecular flexibility index (Phi) is 11.3. The lowest BCUT2D eigenvalue weighted by molar-refractivity contribution is -0.137. The Hall–Kier alpha value is -4.88. The van der Waals surface area contributed by atoms with Gasteiger partial charge >= 0.3 is 18.1 Å². The molecule has 3 rings (SSSR count). The lowest BCUT2D eigenvalue weighted by Crippen LogP contribution is -2.50. The molecule has 0 spiro atoms. The molecule has 0 unspecified atom stereocenters. The fourth-order valence-electron chi connectivity index (χ4n) is 4.08. The maximum atomic E-state index is 13.1. The Labute approximate surface area is 236 Å². The van der Waals surface area contributed by atoms with Gasteiger partial charge in [-0.2, -0.15) is 0 Å². The van der Waals surface area contributed by atoms with Crippen molar-refractivity contribution in [1.29, 1.82) is 0 Å². The maximum absolute atomic E-state index is 13.1. The number of methoxy groups -OCH3 is 2. The van der Waals surface area contributed by atoms with E-state index in [1.54, 1.807) is 30.3 Å². The van der Waals surface area contributed by atoms with Gasteiger partial charge in [-0.3, -0.25) is 9.59 Å². The van der Waals surface area contributed by atoms with Crippen LogP contribution in [0.2, 0.25) is 0 Å². The number of carbonyl (C=O) groups is 4. The van der Waals surface area contributed by atoms with Gasteiger partial charge in [0, 0.05) is 13.1 Å². The molecule has 0 bridgehead atoms. The number of fused-ring (bicyclic) bond motifs is 1. The molecule has 14 heteroatoms. The van der Waals surface area contributed by atoms with E-state index in [1.807, 2.05) is 0 Å². The third-order valence-electron chi connectivity index (χ3n) is 6.19. The first-order valence-electron chi connectivity index (χ1n) is 12.8. The summed E-state index contributed by atoms with van der Waals surface area (Å²) in [5, 5.41) is 30.0. The van der Waals surface area contributed by atoms with Crippen LogP contribution >= 0.6 is 0 Å². The lowest BCUT2D eigenvalue weighted by Gasteiger charge is -2.22. The van der Waals surface area contributed by atoms with Crippen molar-refractivity contribution in [3.63, 3.8) is 0 Å². The first-order valence-corrected chi connectivity index (χ1v) is 12.8. The Balaban J connectivity index is 1.66. The topological polar surface area (TPSA) is 194 Å². The molecule has 0 radical (unpaired) electrons. The van der Waals surface area contributed by atoms with Crippen molar-refractivity contribution >= 4 is 24.0 Å². The molecule has 2 atom stereocenters. The normalized spacial score (nSPS) is 12.9. The molecule has 6 N–H and O–H groups in total. The van der Waals surface area contributed by atoms with Crippen molar-refractivity contribution in [1.82, 2.24) is 21.3 Å². The molecule has 0 saturated heterocycles. The average Bonchev–Trinajstić information content (AvgIpc) is 3.42. The van der Waals surface area contributed by atoms with E-state index < -0.39 is 42.5 Å². The Morgan fingerprint density at radius 2 is 1.76 bits per heavy atom. The highest BCUT2D eigenvalue weighted by Gasteiger charge is 2.25. The number of aromatic hydroxyl groups is 1. The molecule has 0 aliphatic carbocycles. The lowest BCUT2D eigenvalue weighted by atomic mass is 10.0. The van der Waals surface area contributed by atoms with Gasteiger partial charge in [0.05, 0.1) is 26.7 Å². The van der Waals surface area contributed by atoms with Crippen LogP contribution in [0.5, 0.6) is 23.0 Å². The second-order valence-electron chi connectivity index (χ2n) is 9.07. The summed E-state index contributed by atoms with van der Waals surface area (Å²) < 4.78 is 20.2. The molecule has 14 nitrogen and oxygen atoms in total. The number of benzene rings is 2. The zero-order chi connectivity index (χ0) is 29.8. The first kappa shape index (κ1) is 30.7. The second-order valence-corrected chi connectivity index (χ2v) is 9.07. The minimum Gasteiger partial charge on any atom is -0.504 e. The minimum atomic E-state index is -1.14. The number of rotatable bonds is 14. The van der Waals surface area contributed by atoms with E-state index in [4.69, 9.17) is 14.2 Å². The number of amides is 4. The van der Waals surface area contributed by atoms with Crippen LogP contribution in [0.15, 0.2) is 36.4 Å². The Bertz CT molecular complexity index is 1240. The summed E-state index contributed by atoms with van der Waals surface area (Å²) in [5.74, 6) is -0.481. The molecule has 0 aromatic heterocycles. The highest BCUT2D eigenvalue weighted by atomic mass is 16.7. The molecule has 0 saturated carbocycles. The molecule has 41 heavy (non-hydrogen) atoms. The molecule has 1 heterocycles. The van der Waals surface area contributed by atoms with Crippen LogP contribution in [-0.2, 0) is 20.9 Å². The van der Waals surface area contributed by atoms with E-state index in [0.717, 1.165) is 0 Å². The Morgan fingerprint density at radius 1 is 0.976 bits per heavy atom. The number of unbranched alkanes of at least 4 members (excludes halogenated alkanes) is 1. The van der Waals surface area contributed by atoms with Crippen LogP contribution in [0.4, 0.5) is 9.59 Å². The van der Waals surface area contributed by atoms with Gasteiger partial charge in [0.25, 0.3) is 0 Å². The van der Waals surface area contributed by atoms with E-state index in [2.05, 4.69) is 26.0 Å². The molecule has 222 valence electrons. The van der Waals surface area contributed by atoms with Crippen molar-refractivity contribution in [2.45, 2.75) is 44.3 Å². The Morgan fingerprint density at radius 3 is 2.46 bits per heavy atom. The number of aliphatic carboxylic acids is 1. The number of phenolic OH excluding ortho intramolecular Hbond substituents is 1. The number of nitrogens with one attached hydrogen (secondary N) is 4. The predicted molar refractivity (Wildman–Crippen MR) is 144 cm³/mol. The van der Waals surface area contributed by atoms with Gasteiger partial charge in [0.1, 0.15) is 6.04 Å². The van der Waals surface area contributed by atoms with E-state index in [9.17, 15) is 29.4 Å².